The Kier molecular flexibility index (Phi) is 6.95. The van der Waals surface area contributed by atoms with E-state index in [1.165, 1.54) is 0 Å². The van der Waals surface area contributed by atoms with Crippen molar-refractivity contribution >= 4 is 28.6 Å². The maximum atomic E-state index is 12.4. The van der Waals surface area contributed by atoms with Crippen molar-refractivity contribution in [2.24, 2.45) is 5.92 Å². The van der Waals surface area contributed by atoms with Crippen molar-refractivity contribution < 1.29 is 9.35 Å². The van der Waals surface area contributed by atoms with Crippen molar-refractivity contribution in [2.45, 2.75) is 50.8 Å². The molecule has 0 aromatic heterocycles. The minimum Gasteiger partial charge on any atom is -0.598 e. The molecule has 134 valence electrons. The molecule has 0 radical (unpaired) electrons. The van der Waals surface area contributed by atoms with Gasteiger partial charge in [0.15, 0.2) is 0 Å². The van der Waals surface area contributed by atoms with Gasteiger partial charge in [0.05, 0.1) is 6.04 Å². The van der Waals surface area contributed by atoms with Crippen molar-refractivity contribution in [3.05, 3.63) is 24.3 Å². The number of nitrogens with zero attached hydrogens (tertiary/aromatic N) is 1. The summed E-state index contributed by atoms with van der Waals surface area (Å²) < 4.78 is 15.0. The molecule has 6 heteroatoms. The van der Waals surface area contributed by atoms with Gasteiger partial charge in [-0.05, 0) is 63.8 Å². The Hall–Kier alpha value is -1.24. The van der Waals surface area contributed by atoms with Crippen LogP contribution in [0.15, 0.2) is 24.3 Å². The van der Waals surface area contributed by atoms with Gasteiger partial charge in [-0.25, -0.2) is 0 Å². The lowest BCUT2D eigenvalue weighted by atomic mass is 9.86. The van der Waals surface area contributed by atoms with Crippen LogP contribution in [0.25, 0.3) is 0 Å². The Morgan fingerprint density at radius 1 is 1.17 bits per heavy atom. The van der Waals surface area contributed by atoms with Gasteiger partial charge in [-0.1, -0.05) is 0 Å². The number of anilines is 2. The number of benzene rings is 1. The molecule has 1 aromatic carbocycles. The van der Waals surface area contributed by atoms with Crippen LogP contribution in [0.2, 0.25) is 0 Å². The van der Waals surface area contributed by atoms with Crippen LogP contribution in [0, 0.1) is 5.92 Å². The summed E-state index contributed by atoms with van der Waals surface area (Å²) in [5.41, 5.74) is 1.95. The fourth-order valence-corrected chi connectivity index (χ4v) is 3.70. The van der Waals surface area contributed by atoms with E-state index in [9.17, 15) is 9.35 Å². The molecule has 1 aliphatic carbocycles. The van der Waals surface area contributed by atoms with Crippen LogP contribution in [-0.4, -0.2) is 35.8 Å². The van der Waals surface area contributed by atoms with Crippen LogP contribution in [0.3, 0.4) is 0 Å². The van der Waals surface area contributed by atoms with Crippen LogP contribution < -0.4 is 14.9 Å². The summed E-state index contributed by atoms with van der Waals surface area (Å²) in [6.45, 7) is 3.90. The first-order valence-corrected chi connectivity index (χ1v) is 9.83. The van der Waals surface area contributed by atoms with E-state index in [1.807, 2.05) is 57.1 Å². The topological polar surface area (TPSA) is 67.4 Å². The predicted octanol–water partition coefficient (Wildman–Crippen LogP) is 2.91. The number of nitrogens with one attached hydrogen (secondary N) is 2. The third kappa shape index (κ3) is 5.40. The summed E-state index contributed by atoms with van der Waals surface area (Å²) >= 11 is -0.983. The molecule has 1 fully saturated rings. The highest BCUT2D eigenvalue weighted by molar-refractivity contribution is 7.90. The molecule has 1 aliphatic rings. The average Bonchev–Trinajstić information content (AvgIpc) is 2.55. The molecule has 0 spiro atoms. The molecule has 1 atom stereocenters. The second-order valence-electron chi connectivity index (χ2n) is 6.94. The smallest absolute Gasteiger partial charge is 0.227 e. The zero-order chi connectivity index (χ0) is 17.7. The first-order valence-electron chi connectivity index (χ1n) is 8.62. The summed E-state index contributed by atoms with van der Waals surface area (Å²) in [6, 6.07) is 8.13. The van der Waals surface area contributed by atoms with Gasteiger partial charge in [-0.2, -0.15) is 0 Å². The normalized spacial score (nSPS) is 22.2. The van der Waals surface area contributed by atoms with Gasteiger partial charge in [-0.3, -0.25) is 4.79 Å². The lowest BCUT2D eigenvalue weighted by molar-refractivity contribution is -0.120. The van der Waals surface area contributed by atoms with E-state index in [0.717, 1.165) is 37.1 Å². The van der Waals surface area contributed by atoms with Crippen molar-refractivity contribution in [2.75, 3.05) is 24.3 Å². The summed E-state index contributed by atoms with van der Waals surface area (Å²) in [4.78, 5) is 14.5. The van der Waals surface area contributed by atoms with E-state index >= 15 is 0 Å². The molecule has 1 saturated carbocycles. The Labute approximate surface area is 148 Å². The largest absolute Gasteiger partial charge is 0.598 e. The quantitative estimate of drug-likeness (QED) is 0.773. The fraction of sp³-hybridized carbons (Fsp3) is 0.611. The predicted molar refractivity (Wildman–Crippen MR) is 102 cm³/mol. The minimum atomic E-state index is -0.983. The highest BCUT2D eigenvalue weighted by Crippen LogP contribution is 2.26. The van der Waals surface area contributed by atoms with E-state index in [4.69, 9.17) is 0 Å². The number of carbonyl (C=O) groups is 1. The maximum absolute atomic E-state index is 12.4. The van der Waals surface area contributed by atoms with Crippen LogP contribution in [0.5, 0.6) is 0 Å². The summed E-state index contributed by atoms with van der Waals surface area (Å²) in [6.07, 6.45) is 3.48. The van der Waals surface area contributed by atoms with Gasteiger partial charge >= 0.3 is 0 Å². The molecule has 2 rings (SSSR count). The fourth-order valence-electron chi connectivity index (χ4n) is 2.86. The third-order valence-corrected chi connectivity index (χ3v) is 5.88. The monoisotopic (exact) mass is 351 g/mol. The SMILES string of the molecule is CC(C)[S+]([O-])NC1CCC(C(=O)Nc2ccc(N(C)C)cc2)CC1. The maximum Gasteiger partial charge on any atom is 0.227 e. The van der Waals surface area contributed by atoms with Crippen molar-refractivity contribution in [1.29, 1.82) is 0 Å². The highest BCUT2D eigenvalue weighted by Gasteiger charge is 2.29. The van der Waals surface area contributed by atoms with Gasteiger partial charge in [0.25, 0.3) is 0 Å². The molecule has 0 aliphatic heterocycles. The lowest BCUT2D eigenvalue weighted by Crippen LogP contribution is -2.42. The standard InChI is InChI=1S/C18H29N3O2S/c1-13(2)24(23)20-16-7-5-14(6-8-16)18(22)19-15-9-11-17(12-10-15)21(3)4/h9-14,16,20H,5-8H2,1-4H3,(H,19,22). The molecule has 0 saturated heterocycles. The average molecular weight is 352 g/mol. The number of hydrogen-bond donors (Lipinski definition) is 2. The second-order valence-corrected chi connectivity index (χ2v) is 8.72. The summed E-state index contributed by atoms with van der Waals surface area (Å²) in [5, 5.41) is 3.14. The molecule has 5 nitrogen and oxygen atoms in total. The van der Waals surface area contributed by atoms with Crippen LogP contribution in [-0.2, 0) is 16.2 Å². The van der Waals surface area contributed by atoms with Gasteiger partial charge in [-0.15, -0.1) is 4.72 Å². The van der Waals surface area contributed by atoms with Gasteiger partial charge in [0, 0.05) is 42.7 Å². The van der Waals surface area contributed by atoms with Crippen LogP contribution in [0.4, 0.5) is 11.4 Å². The lowest BCUT2D eigenvalue weighted by Gasteiger charge is -2.29. The van der Waals surface area contributed by atoms with E-state index in [1.54, 1.807) is 0 Å². The molecule has 2 N–H and O–H groups in total. The molecular formula is C18H29N3O2S. The van der Waals surface area contributed by atoms with E-state index in [0.29, 0.717) is 0 Å². The van der Waals surface area contributed by atoms with E-state index in [-0.39, 0.29) is 23.1 Å². The Morgan fingerprint density at radius 2 is 1.75 bits per heavy atom. The first-order chi connectivity index (χ1) is 11.4. The number of carbonyl (C=O) groups excluding carboxylic acids is 1. The molecule has 24 heavy (non-hydrogen) atoms. The summed E-state index contributed by atoms with van der Waals surface area (Å²) in [5.74, 6) is 0.139. The number of amides is 1. The zero-order valence-electron chi connectivity index (χ0n) is 15.0. The van der Waals surface area contributed by atoms with Gasteiger partial charge in [0.1, 0.15) is 5.25 Å². The summed E-state index contributed by atoms with van der Waals surface area (Å²) in [7, 11) is 3.98. The molecule has 1 aromatic rings. The van der Waals surface area contributed by atoms with Crippen molar-refractivity contribution in [3.63, 3.8) is 0 Å². The second kappa shape index (κ2) is 8.74. The molecule has 1 amide bonds. The van der Waals surface area contributed by atoms with Gasteiger partial charge in [0.2, 0.25) is 5.91 Å². The van der Waals surface area contributed by atoms with E-state index < -0.39 is 11.4 Å². The Bertz CT molecular complexity index is 526. The number of hydrogen-bond acceptors (Lipinski definition) is 4. The number of rotatable bonds is 6. The highest BCUT2D eigenvalue weighted by atomic mass is 32.2. The minimum absolute atomic E-state index is 0.0454. The Balaban J connectivity index is 1.80. The molecule has 0 heterocycles. The Morgan fingerprint density at radius 3 is 2.25 bits per heavy atom. The van der Waals surface area contributed by atoms with E-state index in [2.05, 4.69) is 10.0 Å². The molecule has 1 unspecified atom stereocenters. The van der Waals surface area contributed by atoms with Crippen molar-refractivity contribution in [3.8, 4) is 0 Å². The zero-order valence-corrected chi connectivity index (χ0v) is 15.9. The molecule has 0 bridgehead atoms. The third-order valence-electron chi connectivity index (χ3n) is 4.46. The molecular weight excluding hydrogens is 322 g/mol. The van der Waals surface area contributed by atoms with Gasteiger partial charge < -0.3 is 14.8 Å². The first kappa shape index (κ1) is 19.1. The van der Waals surface area contributed by atoms with Crippen LogP contribution in [0.1, 0.15) is 39.5 Å². The van der Waals surface area contributed by atoms with Crippen LogP contribution >= 0.6 is 0 Å². The van der Waals surface area contributed by atoms with Crippen molar-refractivity contribution in [1.82, 2.24) is 4.72 Å².